The summed E-state index contributed by atoms with van der Waals surface area (Å²) in [4.78, 5) is 40.3. The fourth-order valence-corrected chi connectivity index (χ4v) is 2.82. The smallest absolute Gasteiger partial charge is 0.355 e. The first kappa shape index (κ1) is 18.0. The molecule has 27 heavy (non-hydrogen) atoms. The van der Waals surface area contributed by atoms with Crippen LogP contribution in [-0.4, -0.2) is 42.2 Å². The topological polar surface area (TPSA) is 109 Å². The first-order chi connectivity index (χ1) is 13.0. The highest BCUT2D eigenvalue weighted by atomic mass is 16.5. The molecular formula is C19H16N2O6. The van der Waals surface area contributed by atoms with Gasteiger partial charge in [0.2, 0.25) is 0 Å². The van der Waals surface area contributed by atoms with Gasteiger partial charge in [0.1, 0.15) is 11.4 Å². The Balaban J connectivity index is 2.27. The van der Waals surface area contributed by atoms with Gasteiger partial charge in [0, 0.05) is 17.1 Å². The molecule has 1 aliphatic rings. The van der Waals surface area contributed by atoms with Crippen LogP contribution in [0.2, 0.25) is 0 Å². The molecule has 2 heterocycles. The number of fused-ring (bicyclic) bond motifs is 1. The lowest BCUT2D eigenvalue weighted by Gasteiger charge is -2.23. The van der Waals surface area contributed by atoms with E-state index in [9.17, 15) is 19.5 Å². The van der Waals surface area contributed by atoms with Gasteiger partial charge >= 0.3 is 17.9 Å². The minimum Gasteiger partial charge on any atom is -0.477 e. The third-order valence-corrected chi connectivity index (χ3v) is 4.02. The van der Waals surface area contributed by atoms with E-state index < -0.39 is 17.9 Å². The van der Waals surface area contributed by atoms with Gasteiger partial charge in [-0.25, -0.2) is 14.4 Å². The highest BCUT2D eigenvalue weighted by molar-refractivity contribution is 6.08. The summed E-state index contributed by atoms with van der Waals surface area (Å²) in [5.41, 5.74) is 1.05. The molecule has 2 N–H and O–H groups in total. The lowest BCUT2D eigenvalue weighted by atomic mass is 10.1. The summed E-state index contributed by atoms with van der Waals surface area (Å²) in [7, 11) is 2.42. The van der Waals surface area contributed by atoms with E-state index in [0.29, 0.717) is 16.6 Å². The molecule has 1 aromatic carbocycles. The Hall–Kier alpha value is -3.81. The maximum Gasteiger partial charge on any atom is 0.355 e. The molecule has 2 aromatic rings. The van der Waals surface area contributed by atoms with Crippen molar-refractivity contribution in [2.24, 2.45) is 0 Å². The molecule has 0 saturated carbocycles. The zero-order valence-corrected chi connectivity index (χ0v) is 14.6. The molecule has 0 aliphatic carbocycles. The summed E-state index contributed by atoms with van der Waals surface area (Å²) in [5, 5.41) is 9.81. The Morgan fingerprint density at radius 2 is 1.81 bits per heavy atom. The molecule has 0 fully saturated rings. The van der Waals surface area contributed by atoms with Crippen LogP contribution in [0.1, 0.15) is 10.5 Å². The third kappa shape index (κ3) is 3.20. The number of nitrogens with zero attached hydrogens (tertiary/aromatic N) is 1. The molecule has 8 nitrogen and oxygen atoms in total. The van der Waals surface area contributed by atoms with Crippen LogP contribution in [0, 0.1) is 0 Å². The summed E-state index contributed by atoms with van der Waals surface area (Å²) in [6.45, 7) is 0. The number of esters is 2. The molecule has 0 saturated heterocycles. The van der Waals surface area contributed by atoms with Crippen LogP contribution >= 0.6 is 0 Å². The number of carboxylic acids is 1. The van der Waals surface area contributed by atoms with Gasteiger partial charge in [-0.05, 0) is 30.4 Å². The van der Waals surface area contributed by atoms with Crippen LogP contribution in [-0.2, 0) is 19.1 Å². The number of carboxylic acid groups (broad SMARTS) is 1. The van der Waals surface area contributed by atoms with Crippen LogP contribution < -0.4 is 4.90 Å². The number of benzene rings is 1. The SMILES string of the molecule is COC(=O)C1=C(C(=O)OC)N(c2cccc3[nH]c(C(=O)O)cc23)C=CC=C1. The third-order valence-electron chi connectivity index (χ3n) is 4.02. The standard InChI is InChI=1S/C19H16N2O6/c1-26-18(24)11-6-3-4-9-21(16(11)19(25)27-2)15-8-5-7-13-12(15)10-14(20-13)17(22)23/h3-10,20H,1-2H3,(H,22,23). The van der Waals surface area contributed by atoms with E-state index in [1.807, 2.05) is 0 Å². The molecule has 3 rings (SSSR count). The van der Waals surface area contributed by atoms with Crippen molar-refractivity contribution >= 4 is 34.5 Å². The molecule has 1 aliphatic heterocycles. The second-order valence-corrected chi connectivity index (χ2v) is 5.54. The van der Waals surface area contributed by atoms with Crippen molar-refractivity contribution in [2.75, 3.05) is 19.1 Å². The highest BCUT2D eigenvalue weighted by Gasteiger charge is 2.28. The Bertz CT molecular complexity index is 1030. The van der Waals surface area contributed by atoms with Gasteiger partial charge in [-0.1, -0.05) is 12.1 Å². The zero-order chi connectivity index (χ0) is 19.6. The Kier molecular flexibility index (Phi) is 4.80. The second-order valence-electron chi connectivity index (χ2n) is 5.54. The number of nitrogens with one attached hydrogen (secondary N) is 1. The summed E-state index contributed by atoms with van der Waals surface area (Å²) >= 11 is 0. The largest absolute Gasteiger partial charge is 0.477 e. The van der Waals surface area contributed by atoms with Crippen molar-refractivity contribution < 1.29 is 29.0 Å². The maximum absolute atomic E-state index is 12.5. The van der Waals surface area contributed by atoms with Gasteiger partial charge in [0.15, 0.2) is 0 Å². The number of hydrogen-bond donors (Lipinski definition) is 2. The van der Waals surface area contributed by atoms with Crippen molar-refractivity contribution in [3.05, 3.63) is 65.7 Å². The van der Waals surface area contributed by atoms with E-state index in [-0.39, 0.29) is 17.0 Å². The molecular weight excluding hydrogens is 352 g/mol. The number of H-pyrrole nitrogens is 1. The average Bonchev–Trinajstić information content (AvgIpc) is 3.00. The number of anilines is 1. The quantitative estimate of drug-likeness (QED) is 0.797. The van der Waals surface area contributed by atoms with Crippen molar-refractivity contribution in [1.82, 2.24) is 4.98 Å². The lowest BCUT2D eigenvalue weighted by Crippen LogP contribution is -2.27. The number of methoxy groups -OCH3 is 2. The zero-order valence-electron chi connectivity index (χ0n) is 14.6. The molecule has 0 spiro atoms. The predicted molar refractivity (Wildman–Crippen MR) is 97.1 cm³/mol. The lowest BCUT2D eigenvalue weighted by molar-refractivity contribution is -0.139. The number of carbonyl (C=O) groups is 3. The average molecular weight is 368 g/mol. The highest BCUT2D eigenvalue weighted by Crippen LogP contribution is 2.33. The van der Waals surface area contributed by atoms with Crippen molar-refractivity contribution in [1.29, 1.82) is 0 Å². The van der Waals surface area contributed by atoms with Gasteiger partial charge in [-0.2, -0.15) is 0 Å². The summed E-state index contributed by atoms with van der Waals surface area (Å²) < 4.78 is 9.64. The van der Waals surface area contributed by atoms with Gasteiger partial charge in [-0.15, -0.1) is 0 Å². The van der Waals surface area contributed by atoms with Gasteiger partial charge < -0.3 is 24.5 Å². The van der Waals surface area contributed by atoms with Crippen molar-refractivity contribution in [2.45, 2.75) is 0 Å². The number of aromatic nitrogens is 1. The van der Waals surface area contributed by atoms with E-state index >= 15 is 0 Å². The van der Waals surface area contributed by atoms with Crippen LogP contribution in [0.5, 0.6) is 0 Å². The predicted octanol–water partition coefficient (Wildman–Crippen LogP) is 2.36. The van der Waals surface area contributed by atoms with Gasteiger partial charge in [-0.3, -0.25) is 0 Å². The van der Waals surface area contributed by atoms with Crippen LogP contribution in [0.4, 0.5) is 5.69 Å². The molecule has 0 radical (unpaired) electrons. The van der Waals surface area contributed by atoms with Gasteiger partial charge in [0.25, 0.3) is 0 Å². The molecule has 8 heteroatoms. The molecule has 0 atom stereocenters. The fraction of sp³-hybridized carbons (Fsp3) is 0.105. The van der Waals surface area contributed by atoms with Crippen molar-refractivity contribution in [3.63, 3.8) is 0 Å². The second kappa shape index (κ2) is 7.20. The molecule has 0 unspecified atom stereocenters. The van der Waals surface area contributed by atoms with E-state index in [0.717, 1.165) is 0 Å². The fourth-order valence-electron chi connectivity index (χ4n) is 2.82. The summed E-state index contributed by atoms with van der Waals surface area (Å²) in [5.74, 6) is -2.55. The Morgan fingerprint density at radius 3 is 2.48 bits per heavy atom. The Labute approximate surface area is 154 Å². The number of rotatable bonds is 4. The first-order valence-electron chi connectivity index (χ1n) is 7.88. The monoisotopic (exact) mass is 368 g/mol. The first-order valence-corrected chi connectivity index (χ1v) is 7.88. The van der Waals surface area contributed by atoms with E-state index in [2.05, 4.69) is 4.98 Å². The number of aromatic carboxylic acids is 1. The number of allylic oxidation sites excluding steroid dienone is 2. The molecule has 0 amide bonds. The minimum atomic E-state index is -1.11. The molecule has 138 valence electrons. The van der Waals surface area contributed by atoms with Crippen LogP contribution in [0.15, 0.2) is 60.0 Å². The number of hydrogen-bond acceptors (Lipinski definition) is 6. The van der Waals surface area contributed by atoms with Gasteiger partial charge in [0.05, 0.1) is 25.5 Å². The maximum atomic E-state index is 12.5. The van der Waals surface area contributed by atoms with Crippen molar-refractivity contribution in [3.8, 4) is 0 Å². The van der Waals surface area contributed by atoms with E-state index in [1.54, 1.807) is 36.6 Å². The summed E-state index contributed by atoms with van der Waals surface area (Å²) in [6.07, 6.45) is 6.27. The number of ether oxygens (including phenoxy) is 2. The number of carbonyl (C=O) groups excluding carboxylic acids is 2. The van der Waals surface area contributed by atoms with E-state index in [4.69, 9.17) is 9.47 Å². The molecule has 1 aromatic heterocycles. The number of aromatic amines is 1. The van der Waals surface area contributed by atoms with Crippen LogP contribution in [0.25, 0.3) is 10.9 Å². The van der Waals surface area contributed by atoms with E-state index in [1.165, 1.54) is 31.3 Å². The normalized spacial score (nSPS) is 13.6. The Morgan fingerprint density at radius 1 is 1.07 bits per heavy atom. The van der Waals surface area contributed by atoms with Crippen LogP contribution in [0.3, 0.4) is 0 Å². The summed E-state index contributed by atoms with van der Waals surface area (Å²) in [6, 6.07) is 6.59. The minimum absolute atomic E-state index is 0.00571. The molecule has 0 bridgehead atoms.